The van der Waals surface area contributed by atoms with Crippen LogP contribution in [0.15, 0.2) is 42.6 Å². The molecule has 0 aliphatic rings. The van der Waals surface area contributed by atoms with Crippen molar-refractivity contribution in [1.82, 2.24) is 4.98 Å². The van der Waals surface area contributed by atoms with Crippen LogP contribution in [0.25, 0.3) is 0 Å². The number of pyridine rings is 1. The summed E-state index contributed by atoms with van der Waals surface area (Å²) < 4.78 is 9.72. The third-order valence-corrected chi connectivity index (χ3v) is 2.77. The molecule has 0 aliphatic carbocycles. The first-order valence-electron chi connectivity index (χ1n) is 6.14. The van der Waals surface area contributed by atoms with Gasteiger partial charge >= 0.3 is 5.97 Å². The van der Waals surface area contributed by atoms with Gasteiger partial charge in [0, 0.05) is 6.20 Å². The standard InChI is InChI=1S/C15H14N2O4/c1-20-13-6-4-3-5-11(13)17-14(18)12-8-7-10(9-16-12)15(19)21-2/h3-9H,1-2H3,(H,17,18). The van der Waals surface area contributed by atoms with Crippen molar-refractivity contribution in [1.29, 1.82) is 0 Å². The summed E-state index contributed by atoms with van der Waals surface area (Å²) in [5.74, 6) is -0.341. The SMILES string of the molecule is COC(=O)c1ccc(C(=O)Nc2ccccc2OC)nc1. The highest BCUT2D eigenvalue weighted by atomic mass is 16.5. The second kappa shape index (κ2) is 6.51. The van der Waals surface area contributed by atoms with Crippen molar-refractivity contribution in [2.45, 2.75) is 0 Å². The number of carbonyl (C=O) groups excluding carboxylic acids is 2. The average Bonchev–Trinajstić information content (AvgIpc) is 2.54. The van der Waals surface area contributed by atoms with E-state index in [0.717, 1.165) is 0 Å². The van der Waals surface area contributed by atoms with Gasteiger partial charge in [0.25, 0.3) is 5.91 Å². The molecular formula is C15H14N2O4. The minimum atomic E-state index is -0.501. The molecule has 1 aromatic carbocycles. The number of esters is 1. The van der Waals surface area contributed by atoms with Crippen molar-refractivity contribution >= 4 is 17.6 Å². The summed E-state index contributed by atoms with van der Waals surface area (Å²) in [7, 11) is 2.80. The molecule has 0 bridgehead atoms. The fourth-order valence-electron chi connectivity index (χ4n) is 1.70. The summed E-state index contributed by atoms with van der Waals surface area (Å²) in [5, 5.41) is 2.70. The van der Waals surface area contributed by atoms with Crippen LogP contribution in [0, 0.1) is 0 Å². The Labute approximate surface area is 121 Å². The van der Waals surface area contributed by atoms with Crippen LogP contribution in [0.3, 0.4) is 0 Å². The Bertz CT molecular complexity index is 653. The largest absolute Gasteiger partial charge is 0.495 e. The molecule has 108 valence electrons. The molecule has 6 nitrogen and oxygen atoms in total. The van der Waals surface area contributed by atoms with Gasteiger partial charge in [-0.15, -0.1) is 0 Å². The van der Waals surface area contributed by atoms with Crippen LogP contribution in [0.4, 0.5) is 5.69 Å². The van der Waals surface area contributed by atoms with Crippen LogP contribution in [0.1, 0.15) is 20.8 Å². The zero-order valence-electron chi connectivity index (χ0n) is 11.6. The van der Waals surface area contributed by atoms with E-state index in [2.05, 4.69) is 15.0 Å². The van der Waals surface area contributed by atoms with Crippen molar-refractivity contribution in [3.8, 4) is 5.75 Å². The normalized spacial score (nSPS) is 9.81. The highest BCUT2D eigenvalue weighted by Gasteiger charge is 2.12. The second-order valence-electron chi connectivity index (χ2n) is 4.08. The lowest BCUT2D eigenvalue weighted by Gasteiger charge is -2.09. The van der Waals surface area contributed by atoms with Crippen molar-refractivity contribution in [3.63, 3.8) is 0 Å². The molecule has 1 N–H and O–H groups in total. The highest BCUT2D eigenvalue weighted by molar-refractivity contribution is 6.04. The number of hydrogen-bond donors (Lipinski definition) is 1. The van der Waals surface area contributed by atoms with E-state index in [4.69, 9.17) is 4.74 Å². The predicted molar refractivity (Wildman–Crippen MR) is 76.5 cm³/mol. The molecule has 2 aromatic rings. The number of anilines is 1. The maximum atomic E-state index is 12.1. The number of nitrogens with one attached hydrogen (secondary N) is 1. The lowest BCUT2D eigenvalue weighted by atomic mass is 10.2. The van der Waals surface area contributed by atoms with Gasteiger partial charge in [0.2, 0.25) is 0 Å². The van der Waals surface area contributed by atoms with Crippen molar-refractivity contribution < 1.29 is 19.1 Å². The Kier molecular flexibility index (Phi) is 4.50. The van der Waals surface area contributed by atoms with E-state index in [-0.39, 0.29) is 11.3 Å². The third kappa shape index (κ3) is 3.36. The predicted octanol–water partition coefficient (Wildman–Crippen LogP) is 2.13. The molecular weight excluding hydrogens is 272 g/mol. The maximum Gasteiger partial charge on any atom is 0.339 e. The molecule has 21 heavy (non-hydrogen) atoms. The molecule has 0 fully saturated rings. The molecule has 1 amide bonds. The fraction of sp³-hybridized carbons (Fsp3) is 0.133. The summed E-state index contributed by atoms with van der Waals surface area (Å²) in [6.45, 7) is 0. The van der Waals surface area contributed by atoms with Crippen LogP contribution in [0.5, 0.6) is 5.75 Å². The smallest absolute Gasteiger partial charge is 0.339 e. The van der Waals surface area contributed by atoms with Crippen LogP contribution < -0.4 is 10.1 Å². The summed E-state index contributed by atoms with van der Waals surface area (Å²) in [4.78, 5) is 27.3. The molecule has 0 atom stereocenters. The lowest BCUT2D eigenvalue weighted by Crippen LogP contribution is -2.14. The van der Waals surface area contributed by atoms with E-state index < -0.39 is 11.9 Å². The van der Waals surface area contributed by atoms with Crippen LogP contribution in [0.2, 0.25) is 0 Å². The molecule has 1 aromatic heterocycles. The first-order valence-corrected chi connectivity index (χ1v) is 6.14. The number of ether oxygens (including phenoxy) is 2. The summed E-state index contributed by atoms with van der Waals surface area (Å²) in [6.07, 6.45) is 1.29. The number of amides is 1. The maximum absolute atomic E-state index is 12.1. The average molecular weight is 286 g/mol. The lowest BCUT2D eigenvalue weighted by molar-refractivity contribution is 0.0600. The number of rotatable bonds is 4. The van der Waals surface area contributed by atoms with E-state index in [1.807, 2.05) is 0 Å². The van der Waals surface area contributed by atoms with E-state index in [1.165, 1.54) is 32.5 Å². The zero-order valence-corrected chi connectivity index (χ0v) is 11.6. The van der Waals surface area contributed by atoms with Gasteiger partial charge in [-0.25, -0.2) is 4.79 Å². The molecule has 2 rings (SSSR count). The number of carbonyl (C=O) groups is 2. The van der Waals surface area contributed by atoms with E-state index in [9.17, 15) is 9.59 Å². The van der Waals surface area contributed by atoms with Crippen molar-refractivity contribution in [2.75, 3.05) is 19.5 Å². The molecule has 0 radical (unpaired) electrons. The first-order chi connectivity index (χ1) is 10.2. The first kappa shape index (κ1) is 14.5. The van der Waals surface area contributed by atoms with Gasteiger partial charge in [0.1, 0.15) is 11.4 Å². The number of hydrogen-bond acceptors (Lipinski definition) is 5. The molecule has 0 aliphatic heterocycles. The van der Waals surface area contributed by atoms with Gasteiger partial charge < -0.3 is 14.8 Å². The minimum Gasteiger partial charge on any atom is -0.495 e. The summed E-state index contributed by atoms with van der Waals surface area (Å²) in [5.41, 5.74) is 1.02. The van der Waals surface area contributed by atoms with Gasteiger partial charge in [0.15, 0.2) is 0 Å². The van der Waals surface area contributed by atoms with Gasteiger partial charge in [0.05, 0.1) is 25.5 Å². The topological polar surface area (TPSA) is 77.5 Å². The Morgan fingerprint density at radius 1 is 1.10 bits per heavy atom. The summed E-state index contributed by atoms with van der Waals surface area (Å²) >= 11 is 0. The molecule has 1 heterocycles. The van der Waals surface area contributed by atoms with Crippen LogP contribution in [-0.2, 0) is 4.74 Å². The Hall–Kier alpha value is -2.89. The van der Waals surface area contributed by atoms with Crippen molar-refractivity contribution in [3.05, 3.63) is 53.9 Å². The van der Waals surface area contributed by atoms with E-state index in [0.29, 0.717) is 11.4 Å². The van der Waals surface area contributed by atoms with Crippen molar-refractivity contribution in [2.24, 2.45) is 0 Å². The number of nitrogens with zero attached hydrogens (tertiary/aromatic N) is 1. The van der Waals surface area contributed by atoms with Gasteiger partial charge in [-0.1, -0.05) is 12.1 Å². The monoisotopic (exact) mass is 286 g/mol. The van der Waals surface area contributed by atoms with Gasteiger partial charge in [-0.05, 0) is 24.3 Å². The van der Waals surface area contributed by atoms with E-state index >= 15 is 0 Å². The van der Waals surface area contributed by atoms with Gasteiger partial charge in [-0.3, -0.25) is 9.78 Å². The van der Waals surface area contributed by atoms with Crippen LogP contribution in [-0.4, -0.2) is 31.1 Å². The molecule has 0 unspecified atom stereocenters. The number of methoxy groups -OCH3 is 2. The number of benzene rings is 1. The number of aromatic nitrogens is 1. The Morgan fingerprint density at radius 3 is 2.48 bits per heavy atom. The Balaban J connectivity index is 2.15. The number of para-hydroxylation sites is 2. The quantitative estimate of drug-likeness (QED) is 0.871. The molecule has 0 spiro atoms. The third-order valence-electron chi connectivity index (χ3n) is 2.77. The van der Waals surface area contributed by atoms with E-state index in [1.54, 1.807) is 24.3 Å². The molecule has 0 saturated heterocycles. The Morgan fingerprint density at radius 2 is 1.86 bits per heavy atom. The zero-order chi connectivity index (χ0) is 15.2. The second-order valence-corrected chi connectivity index (χ2v) is 4.08. The minimum absolute atomic E-state index is 0.188. The highest BCUT2D eigenvalue weighted by Crippen LogP contribution is 2.23. The van der Waals surface area contributed by atoms with Gasteiger partial charge in [-0.2, -0.15) is 0 Å². The molecule has 0 saturated carbocycles. The van der Waals surface area contributed by atoms with Crippen LogP contribution >= 0.6 is 0 Å². The molecule has 6 heteroatoms. The fourth-order valence-corrected chi connectivity index (χ4v) is 1.70. The summed E-state index contributed by atoms with van der Waals surface area (Å²) in [6, 6.07) is 9.99.